The van der Waals surface area contributed by atoms with Crippen LogP contribution in [0.3, 0.4) is 0 Å². The molecule has 0 saturated heterocycles. The van der Waals surface area contributed by atoms with Crippen molar-refractivity contribution in [3.05, 3.63) is 10.4 Å². The number of allylic oxidation sites excluding steroid dienone is 1. The van der Waals surface area contributed by atoms with Crippen LogP contribution in [0.5, 0.6) is 0 Å². The Labute approximate surface area is 61.8 Å². The molecule has 0 aromatic heterocycles. The van der Waals surface area contributed by atoms with Crippen LogP contribution in [-0.2, 0) is 0 Å². The first-order valence-corrected chi connectivity index (χ1v) is 3.58. The zero-order valence-electron chi connectivity index (χ0n) is 5.06. The Morgan fingerprint density at radius 3 is 3.00 bits per heavy atom. The minimum Gasteiger partial charge on any atom is -0.251 e. The fourth-order valence-electron chi connectivity index (χ4n) is 0.682. The summed E-state index contributed by atoms with van der Waals surface area (Å²) in [7, 11) is 0. The van der Waals surface area contributed by atoms with Gasteiger partial charge in [0, 0.05) is 12.6 Å². The van der Waals surface area contributed by atoms with E-state index in [2.05, 4.69) is 20.9 Å². The molecular formula is C6H7BrFN. The number of hydrogen-bond donors (Lipinski definition) is 0. The summed E-state index contributed by atoms with van der Waals surface area (Å²) in [6.45, 7) is 1.93. The highest BCUT2D eigenvalue weighted by Gasteiger charge is 2.11. The van der Waals surface area contributed by atoms with E-state index in [0.717, 1.165) is 0 Å². The van der Waals surface area contributed by atoms with Crippen molar-refractivity contribution in [2.45, 2.75) is 13.3 Å². The third-order valence-corrected chi connectivity index (χ3v) is 1.80. The molecule has 0 saturated carbocycles. The standard InChI is InChI=1S/C6H7BrFN/c1-4-2-5(8)6(7)9-3-4/h3-4H,2H2,1H3. The van der Waals surface area contributed by atoms with Gasteiger partial charge in [0.2, 0.25) is 0 Å². The first-order chi connectivity index (χ1) is 4.20. The first-order valence-electron chi connectivity index (χ1n) is 2.78. The van der Waals surface area contributed by atoms with Gasteiger partial charge in [0.15, 0.2) is 0 Å². The highest BCUT2D eigenvalue weighted by atomic mass is 79.9. The van der Waals surface area contributed by atoms with Crippen molar-refractivity contribution in [2.24, 2.45) is 10.9 Å². The van der Waals surface area contributed by atoms with E-state index in [1.54, 1.807) is 6.21 Å². The van der Waals surface area contributed by atoms with Crippen LogP contribution >= 0.6 is 15.9 Å². The molecule has 0 aromatic rings. The van der Waals surface area contributed by atoms with Gasteiger partial charge in [-0.05, 0) is 21.8 Å². The minimum atomic E-state index is -0.148. The van der Waals surface area contributed by atoms with Gasteiger partial charge in [-0.2, -0.15) is 0 Å². The minimum absolute atomic E-state index is 0.148. The summed E-state index contributed by atoms with van der Waals surface area (Å²) >= 11 is 2.99. The maximum Gasteiger partial charge on any atom is 0.137 e. The lowest BCUT2D eigenvalue weighted by Crippen LogP contribution is -2.01. The molecule has 1 aliphatic rings. The van der Waals surface area contributed by atoms with Crippen LogP contribution in [-0.4, -0.2) is 6.21 Å². The summed E-state index contributed by atoms with van der Waals surface area (Å²) in [6.07, 6.45) is 2.22. The Hall–Kier alpha value is -0.180. The predicted molar refractivity (Wildman–Crippen MR) is 39.3 cm³/mol. The van der Waals surface area contributed by atoms with Crippen LogP contribution in [0.25, 0.3) is 0 Å². The average Bonchev–Trinajstić information content (AvgIpc) is 1.80. The largest absolute Gasteiger partial charge is 0.251 e. The predicted octanol–water partition coefficient (Wildman–Crippen LogP) is 2.63. The molecule has 1 heterocycles. The molecule has 0 bridgehead atoms. The Morgan fingerprint density at radius 2 is 2.56 bits per heavy atom. The smallest absolute Gasteiger partial charge is 0.137 e. The van der Waals surface area contributed by atoms with E-state index in [1.165, 1.54) is 0 Å². The van der Waals surface area contributed by atoms with E-state index in [-0.39, 0.29) is 11.7 Å². The lowest BCUT2D eigenvalue weighted by Gasteiger charge is -2.08. The van der Waals surface area contributed by atoms with E-state index >= 15 is 0 Å². The lowest BCUT2D eigenvalue weighted by atomic mass is 10.1. The van der Waals surface area contributed by atoms with Crippen LogP contribution in [0.15, 0.2) is 15.4 Å². The highest BCUT2D eigenvalue weighted by molar-refractivity contribution is 9.11. The molecule has 1 unspecified atom stereocenters. The summed E-state index contributed by atoms with van der Waals surface area (Å²) in [6, 6.07) is 0. The van der Waals surface area contributed by atoms with E-state index < -0.39 is 0 Å². The molecule has 0 radical (unpaired) electrons. The lowest BCUT2D eigenvalue weighted by molar-refractivity contribution is 0.546. The molecule has 1 aliphatic heterocycles. The maximum atomic E-state index is 12.5. The van der Waals surface area contributed by atoms with E-state index in [4.69, 9.17) is 0 Å². The monoisotopic (exact) mass is 191 g/mol. The van der Waals surface area contributed by atoms with Gasteiger partial charge in [0.05, 0.1) is 0 Å². The quantitative estimate of drug-likeness (QED) is 0.523. The summed E-state index contributed by atoms with van der Waals surface area (Å²) in [5.41, 5.74) is 0. The van der Waals surface area contributed by atoms with Gasteiger partial charge >= 0.3 is 0 Å². The molecule has 0 fully saturated rings. The second kappa shape index (κ2) is 2.60. The van der Waals surface area contributed by atoms with Crippen LogP contribution < -0.4 is 0 Å². The van der Waals surface area contributed by atoms with Gasteiger partial charge in [-0.15, -0.1) is 0 Å². The van der Waals surface area contributed by atoms with Crippen LogP contribution in [0.2, 0.25) is 0 Å². The number of halogens is 2. The van der Waals surface area contributed by atoms with Gasteiger partial charge in [-0.3, -0.25) is 4.99 Å². The van der Waals surface area contributed by atoms with Crippen LogP contribution in [0, 0.1) is 5.92 Å². The van der Waals surface area contributed by atoms with Gasteiger partial charge in [0.25, 0.3) is 0 Å². The molecule has 0 aromatic carbocycles. The van der Waals surface area contributed by atoms with Gasteiger partial charge < -0.3 is 0 Å². The van der Waals surface area contributed by atoms with E-state index in [1.807, 2.05) is 6.92 Å². The summed E-state index contributed by atoms with van der Waals surface area (Å²) in [4.78, 5) is 3.79. The summed E-state index contributed by atoms with van der Waals surface area (Å²) in [5.74, 6) is 0.0938. The molecule has 0 N–H and O–H groups in total. The summed E-state index contributed by atoms with van der Waals surface area (Å²) in [5, 5.41) is 0. The van der Waals surface area contributed by atoms with Crippen LogP contribution in [0.1, 0.15) is 13.3 Å². The van der Waals surface area contributed by atoms with E-state index in [0.29, 0.717) is 11.0 Å². The molecule has 1 rings (SSSR count). The van der Waals surface area contributed by atoms with Crippen molar-refractivity contribution < 1.29 is 4.39 Å². The van der Waals surface area contributed by atoms with Gasteiger partial charge in [-0.25, -0.2) is 4.39 Å². The van der Waals surface area contributed by atoms with Gasteiger partial charge in [-0.1, -0.05) is 6.92 Å². The number of hydrogen-bond acceptors (Lipinski definition) is 1. The number of rotatable bonds is 0. The number of aliphatic imine (C=N–C) groups is 1. The second-order valence-corrected chi connectivity index (χ2v) is 2.91. The van der Waals surface area contributed by atoms with Crippen molar-refractivity contribution in [3.8, 4) is 0 Å². The zero-order valence-corrected chi connectivity index (χ0v) is 6.65. The molecule has 3 heteroatoms. The Balaban J connectivity index is 2.75. The Kier molecular flexibility index (Phi) is 2.01. The Morgan fingerprint density at radius 1 is 1.89 bits per heavy atom. The highest BCUT2D eigenvalue weighted by Crippen LogP contribution is 2.24. The summed E-state index contributed by atoms with van der Waals surface area (Å²) < 4.78 is 12.9. The molecule has 0 aliphatic carbocycles. The molecule has 9 heavy (non-hydrogen) atoms. The zero-order chi connectivity index (χ0) is 6.85. The maximum absolute atomic E-state index is 12.5. The van der Waals surface area contributed by atoms with Gasteiger partial charge in [0.1, 0.15) is 10.4 Å². The normalized spacial score (nSPS) is 27.2. The van der Waals surface area contributed by atoms with E-state index in [9.17, 15) is 4.39 Å². The first kappa shape index (κ1) is 6.93. The second-order valence-electron chi connectivity index (χ2n) is 2.16. The fourth-order valence-corrected chi connectivity index (χ4v) is 0.962. The van der Waals surface area contributed by atoms with Crippen molar-refractivity contribution in [3.63, 3.8) is 0 Å². The van der Waals surface area contributed by atoms with Crippen molar-refractivity contribution in [2.75, 3.05) is 0 Å². The van der Waals surface area contributed by atoms with Crippen molar-refractivity contribution in [1.29, 1.82) is 0 Å². The molecular weight excluding hydrogens is 185 g/mol. The van der Waals surface area contributed by atoms with Crippen LogP contribution in [0.4, 0.5) is 4.39 Å². The molecule has 1 nitrogen and oxygen atoms in total. The topological polar surface area (TPSA) is 12.4 Å². The molecule has 0 amide bonds. The number of nitrogens with zero attached hydrogens (tertiary/aromatic N) is 1. The average molecular weight is 192 g/mol. The third-order valence-electron chi connectivity index (χ3n) is 1.17. The SMILES string of the molecule is CC1C=NC(Br)=C(F)C1. The molecule has 0 spiro atoms. The molecule has 1 atom stereocenters. The molecule has 50 valence electrons. The van der Waals surface area contributed by atoms with Crippen molar-refractivity contribution >= 4 is 22.1 Å². The third kappa shape index (κ3) is 1.61. The van der Waals surface area contributed by atoms with Crippen molar-refractivity contribution in [1.82, 2.24) is 0 Å². The fraction of sp³-hybridized carbons (Fsp3) is 0.500. The Bertz CT molecular complexity index is 174.